The standard InChI is InChI=1S/C11H16N2/c1-3-13-6-4-5-10-11(13)7-9(2)8-12-10/h7-8H,3-6H2,1-2H3. The van der Waals surface area contributed by atoms with Crippen LogP contribution in [0.3, 0.4) is 0 Å². The van der Waals surface area contributed by atoms with E-state index in [1.807, 2.05) is 6.20 Å². The number of aromatic nitrogens is 1. The molecule has 0 saturated heterocycles. The average molecular weight is 176 g/mol. The molecule has 1 aromatic heterocycles. The lowest BCUT2D eigenvalue weighted by atomic mass is 10.1. The Balaban J connectivity index is 2.41. The van der Waals surface area contributed by atoms with Gasteiger partial charge in [-0.25, -0.2) is 0 Å². The molecule has 0 N–H and O–H groups in total. The third-order valence-corrected chi connectivity index (χ3v) is 2.65. The average Bonchev–Trinajstić information content (AvgIpc) is 2.17. The first kappa shape index (κ1) is 8.54. The summed E-state index contributed by atoms with van der Waals surface area (Å²) < 4.78 is 0. The van der Waals surface area contributed by atoms with E-state index in [1.165, 1.54) is 29.9 Å². The first-order chi connectivity index (χ1) is 6.31. The van der Waals surface area contributed by atoms with Crippen molar-refractivity contribution < 1.29 is 0 Å². The van der Waals surface area contributed by atoms with Gasteiger partial charge in [-0.3, -0.25) is 4.98 Å². The number of pyridine rings is 1. The number of anilines is 1. The van der Waals surface area contributed by atoms with Gasteiger partial charge in [0.25, 0.3) is 0 Å². The fourth-order valence-electron chi connectivity index (χ4n) is 1.93. The minimum absolute atomic E-state index is 1.10. The van der Waals surface area contributed by atoms with Crippen molar-refractivity contribution in [3.8, 4) is 0 Å². The highest BCUT2D eigenvalue weighted by Crippen LogP contribution is 2.25. The first-order valence-corrected chi connectivity index (χ1v) is 5.01. The van der Waals surface area contributed by atoms with Crippen molar-refractivity contribution in [1.82, 2.24) is 4.98 Å². The maximum Gasteiger partial charge on any atom is 0.0637 e. The molecule has 2 nitrogen and oxygen atoms in total. The predicted octanol–water partition coefficient (Wildman–Crippen LogP) is 2.16. The van der Waals surface area contributed by atoms with Gasteiger partial charge >= 0.3 is 0 Å². The molecular formula is C11H16N2. The van der Waals surface area contributed by atoms with Crippen molar-refractivity contribution in [3.63, 3.8) is 0 Å². The lowest BCUT2D eigenvalue weighted by Gasteiger charge is -2.29. The van der Waals surface area contributed by atoms with Gasteiger partial charge < -0.3 is 4.90 Å². The molecule has 0 aliphatic carbocycles. The number of rotatable bonds is 1. The SMILES string of the molecule is CCN1CCCc2ncc(C)cc21. The summed E-state index contributed by atoms with van der Waals surface area (Å²) in [6.45, 7) is 6.60. The molecule has 70 valence electrons. The zero-order valence-corrected chi connectivity index (χ0v) is 8.38. The summed E-state index contributed by atoms with van der Waals surface area (Å²) in [6, 6.07) is 2.25. The Morgan fingerprint density at radius 1 is 1.54 bits per heavy atom. The third-order valence-electron chi connectivity index (χ3n) is 2.65. The first-order valence-electron chi connectivity index (χ1n) is 5.01. The highest BCUT2D eigenvalue weighted by Gasteiger charge is 2.15. The summed E-state index contributed by atoms with van der Waals surface area (Å²) in [7, 11) is 0. The maximum absolute atomic E-state index is 4.48. The predicted molar refractivity (Wildman–Crippen MR) is 55.2 cm³/mol. The number of fused-ring (bicyclic) bond motifs is 1. The Labute approximate surface area is 79.6 Å². The normalized spacial score (nSPS) is 15.7. The number of aryl methyl sites for hydroxylation is 2. The molecule has 0 spiro atoms. The summed E-state index contributed by atoms with van der Waals surface area (Å²) in [4.78, 5) is 6.89. The summed E-state index contributed by atoms with van der Waals surface area (Å²) in [5, 5.41) is 0. The van der Waals surface area contributed by atoms with Crippen LogP contribution in [0.1, 0.15) is 24.6 Å². The van der Waals surface area contributed by atoms with Crippen LogP contribution in [0, 0.1) is 6.92 Å². The fraction of sp³-hybridized carbons (Fsp3) is 0.545. The Hall–Kier alpha value is -1.05. The van der Waals surface area contributed by atoms with E-state index in [0.29, 0.717) is 0 Å². The van der Waals surface area contributed by atoms with Crippen LogP contribution >= 0.6 is 0 Å². The van der Waals surface area contributed by atoms with Crippen LogP contribution in [0.4, 0.5) is 5.69 Å². The van der Waals surface area contributed by atoms with Crippen LogP contribution in [-0.4, -0.2) is 18.1 Å². The highest BCUT2D eigenvalue weighted by molar-refractivity contribution is 5.53. The molecule has 0 fully saturated rings. The molecule has 1 aliphatic heterocycles. The Kier molecular flexibility index (Phi) is 2.21. The van der Waals surface area contributed by atoms with Gasteiger partial charge in [0.05, 0.1) is 11.4 Å². The van der Waals surface area contributed by atoms with Crippen molar-refractivity contribution >= 4 is 5.69 Å². The fourth-order valence-corrected chi connectivity index (χ4v) is 1.93. The van der Waals surface area contributed by atoms with Gasteiger partial charge in [0.1, 0.15) is 0 Å². The molecule has 0 saturated carbocycles. The van der Waals surface area contributed by atoms with Gasteiger partial charge in [-0.05, 0) is 38.3 Å². The number of hydrogen-bond acceptors (Lipinski definition) is 2. The second-order valence-electron chi connectivity index (χ2n) is 3.66. The quantitative estimate of drug-likeness (QED) is 0.652. The van der Waals surface area contributed by atoms with Crippen molar-refractivity contribution in [1.29, 1.82) is 0 Å². The monoisotopic (exact) mass is 176 g/mol. The van der Waals surface area contributed by atoms with E-state index in [4.69, 9.17) is 0 Å². The topological polar surface area (TPSA) is 16.1 Å². The van der Waals surface area contributed by atoms with E-state index in [1.54, 1.807) is 0 Å². The molecular weight excluding hydrogens is 160 g/mol. The molecule has 0 atom stereocenters. The van der Waals surface area contributed by atoms with Crippen molar-refractivity contribution in [3.05, 3.63) is 23.5 Å². The third kappa shape index (κ3) is 1.53. The molecule has 0 bridgehead atoms. The Morgan fingerprint density at radius 2 is 2.38 bits per heavy atom. The molecule has 1 aliphatic rings. The summed E-state index contributed by atoms with van der Waals surface area (Å²) >= 11 is 0. The Bertz CT molecular complexity index is 307. The van der Waals surface area contributed by atoms with Gasteiger partial charge in [0.15, 0.2) is 0 Å². The van der Waals surface area contributed by atoms with Crippen molar-refractivity contribution in [2.45, 2.75) is 26.7 Å². The zero-order valence-electron chi connectivity index (χ0n) is 8.38. The molecule has 2 heterocycles. The van der Waals surface area contributed by atoms with E-state index < -0.39 is 0 Å². The summed E-state index contributed by atoms with van der Waals surface area (Å²) in [6.07, 6.45) is 4.36. The van der Waals surface area contributed by atoms with Crippen LogP contribution in [0.5, 0.6) is 0 Å². The van der Waals surface area contributed by atoms with E-state index in [-0.39, 0.29) is 0 Å². The minimum Gasteiger partial charge on any atom is -0.370 e. The minimum atomic E-state index is 1.10. The van der Waals surface area contributed by atoms with Gasteiger partial charge in [0, 0.05) is 19.3 Å². The van der Waals surface area contributed by atoms with E-state index >= 15 is 0 Å². The molecule has 1 aromatic rings. The Morgan fingerprint density at radius 3 is 3.15 bits per heavy atom. The second kappa shape index (κ2) is 3.36. The molecule has 2 heteroatoms. The van der Waals surface area contributed by atoms with Crippen LogP contribution < -0.4 is 4.90 Å². The van der Waals surface area contributed by atoms with Crippen LogP contribution in [-0.2, 0) is 6.42 Å². The van der Waals surface area contributed by atoms with Crippen molar-refractivity contribution in [2.24, 2.45) is 0 Å². The smallest absolute Gasteiger partial charge is 0.0637 e. The van der Waals surface area contributed by atoms with E-state index in [9.17, 15) is 0 Å². The van der Waals surface area contributed by atoms with Gasteiger partial charge in [0.2, 0.25) is 0 Å². The van der Waals surface area contributed by atoms with Crippen molar-refractivity contribution in [2.75, 3.05) is 18.0 Å². The molecule has 0 radical (unpaired) electrons. The van der Waals surface area contributed by atoms with Gasteiger partial charge in [-0.2, -0.15) is 0 Å². The van der Waals surface area contributed by atoms with E-state index in [2.05, 4.69) is 29.8 Å². The number of hydrogen-bond donors (Lipinski definition) is 0. The van der Waals surface area contributed by atoms with E-state index in [0.717, 1.165) is 13.0 Å². The summed E-state index contributed by atoms with van der Waals surface area (Å²) in [5.41, 5.74) is 3.89. The molecule has 2 rings (SSSR count). The molecule has 13 heavy (non-hydrogen) atoms. The van der Waals surface area contributed by atoms with Crippen LogP contribution in [0.2, 0.25) is 0 Å². The maximum atomic E-state index is 4.48. The largest absolute Gasteiger partial charge is 0.370 e. The molecule has 0 unspecified atom stereocenters. The lowest BCUT2D eigenvalue weighted by Crippen LogP contribution is -2.29. The lowest BCUT2D eigenvalue weighted by molar-refractivity contribution is 0.691. The molecule has 0 aromatic carbocycles. The molecule has 0 amide bonds. The zero-order chi connectivity index (χ0) is 9.26. The number of nitrogens with zero attached hydrogens (tertiary/aromatic N) is 2. The van der Waals surface area contributed by atoms with Crippen LogP contribution in [0.15, 0.2) is 12.3 Å². The van der Waals surface area contributed by atoms with Crippen LogP contribution in [0.25, 0.3) is 0 Å². The summed E-state index contributed by atoms with van der Waals surface area (Å²) in [5.74, 6) is 0. The second-order valence-corrected chi connectivity index (χ2v) is 3.66. The van der Waals surface area contributed by atoms with Gasteiger partial charge in [-0.1, -0.05) is 0 Å². The highest BCUT2D eigenvalue weighted by atomic mass is 15.1. The van der Waals surface area contributed by atoms with Gasteiger partial charge in [-0.15, -0.1) is 0 Å².